The second-order valence-electron chi connectivity index (χ2n) is 8.69. The second kappa shape index (κ2) is 10.8. The van der Waals surface area contributed by atoms with Gasteiger partial charge in [0.2, 0.25) is 5.91 Å². The molecule has 0 bridgehead atoms. The summed E-state index contributed by atoms with van der Waals surface area (Å²) >= 11 is 0. The van der Waals surface area contributed by atoms with Crippen LogP contribution in [0.3, 0.4) is 0 Å². The predicted molar refractivity (Wildman–Crippen MR) is 129 cm³/mol. The van der Waals surface area contributed by atoms with Gasteiger partial charge in [-0.3, -0.25) is 9.79 Å². The molecule has 1 saturated heterocycles. The number of nitrogens with one attached hydrogen (secondary N) is 2. The first kappa shape index (κ1) is 23.3. The standard InChI is InChI=1S/C23H33FN4O.HI/c1-2-25-23(27-21-14-19(21)18-10-6-7-11-20(18)24)26-17-12-13-28(15-17)22(29)16-8-4-3-5-9-16;/h6-7,10-11,16-17,19,21H,2-5,8-9,12-15H2,1H3,(H2,25,26,27);1H. The highest BCUT2D eigenvalue weighted by Crippen LogP contribution is 2.41. The zero-order valence-electron chi connectivity index (χ0n) is 17.8. The van der Waals surface area contributed by atoms with Gasteiger partial charge < -0.3 is 15.5 Å². The van der Waals surface area contributed by atoms with Crippen molar-refractivity contribution in [2.45, 2.75) is 69.9 Å². The van der Waals surface area contributed by atoms with E-state index in [0.29, 0.717) is 12.5 Å². The molecule has 0 aromatic heterocycles. The summed E-state index contributed by atoms with van der Waals surface area (Å²) in [6.07, 6.45) is 7.62. The van der Waals surface area contributed by atoms with Crippen LogP contribution in [0.5, 0.6) is 0 Å². The SMILES string of the molecule is CCN=C(NC1CCN(C(=O)C2CCCCC2)C1)NC1CC1c1ccccc1F.I. The Kier molecular flexibility index (Phi) is 8.36. The smallest absolute Gasteiger partial charge is 0.225 e. The van der Waals surface area contributed by atoms with Crippen molar-refractivity contribution in [1.29, 1.82) is 0 Å². The number of guanidine groups is 1. The maximum absolute atomic E-state index is 14.0. The summed E-state index contributed by atoms with van der Waals surface area (Å²) in [6, 6.07) is 7.47. The summed E-state index contributed by atoms with van der Waals surface area (Å²) in [5.74, 6) is 1.44. The number of carbonyl (C=O) groups excluding carboxylic acids is 1. The van der Waals surface area contributed by atoms with Crippen molar-refractivity contribution in [2.24, 2.45) is 10.9 Å². The van der Waals surface area contributed by atoms with Crippen LogP contribution in [-0.2, 0) is 4.79 Å². The second-order valence-corrected chi connectivity index (χ2v) is 8.69. The summed E-state index contributed by atoms with van der Waals surface area (Å²) in [6.45, 7) is 4.27. The number of nitrogens with zero attached hydrogens (tertiary/aromatic N) is 2. The molecule has 2 aliphatic carbocycles. The zero-order valence-corrected chi connectivity index (χ0v) is 20.1. The lowest BCUT2D eigenvalue weighted by Crippen LogP contribution is -2.46. The van der Waals surface area contributed by atoms with Crippen LogP contribution >= 0.6 is 24.0 Å². The van der Waals surface area contributed by atoms with Crippen LogP contribution in [0.2, 0.25) is 0 Å². The minimum absolute atomic E-state index is 0. The molecule has 1 heterocycles. The fraction of sp³-hybridized carbons (Fsp3) is 0.652. The van der Waals surface area contributed by atoms with Crippen molar-refractivity contribution < 1.29 is 9.18 Å². The number of likely N-dealkylation sites (tertiary alicyclic amines) is 1. The molecule has 166 valence electrons. The van der Waals surface area contributed by atoms with Crippen molar-refractivity contribution in [3.05, 3.63) is 35.6 Å². The number of rotatable bonds is 5. The number of aliphatic imine (C=N–C) groups is 1. The Bertz CT molecular complexity index is 752. The van der Waals surface area contributed by atoms with E-state index in [2.05, 4.69) is 15.6 Å². The third-order valence-electron chi connectivity index (χ3n) is 6.53. The van der Waals surface area contributed by atoms with Crippen molar-refractivity contribution in [3.63, 3.8) is 0 Å². The molecule has 0 spiro atoms. The summed E-state index contributed by atoms with van der Waals surface area (Å²) in [4.78, 5) is 19.4. The molecule has 30 heavy (non-hydrogen) atoms. The Morgan fingerprint density at radius 3 is 2.67 bits per heavy atom. The van der Waals surface area contributed by atoms with Gasteiger partial charge in [-0.05, 0) is 44.2 Å². The lowest BCUT2D eigenvalue weighted by molar-refractivity contribution is -0.135. The molecule has 1 amide bonds. The van der Waals surface area contributed by atoms with Crippen LogP contribution < -0.4 is 10.6 Å². The van der Waals surface area contributed by atoms with E-state index < -0.39 is 0 Å². The topological polar surface area (TPSA) is 56.7 Å². The average molecular weight is 528 g/mol. The Balaban J connectivity index is 0.00000256. The minimum Gasteiger partial charge on any atom is -0.353 e. The van der Waals surface area contributed by atoms with Crippen LogP contribution in [0.25, 0.3) is 0 Å². The number of benzene rings is 1. The van der Waals surface area contributed by atoms with Crippen LogP contribution in [0.15, 0.2) is 29.3 Å². The Morgan fingerprint density at radius 2 is 1.93 bits per heavy atom. The van der Waals surface area contributed by atoms with Gasteiger partial charge in [-0.25, -0.2) is 4.39 Å². The van der Waals surface area contributed by atoms with E-state index in [1.807, 2.05) is 24.0 Å². The largest absolute Gasteiger partial charge is 0.353 e. The van der Waals surface area contributed by atoms with Crippen LogP contribution in [0.4, 0.5) is 4.39 Å². The molecule has 3 fully saturated rings. The number of hydrogen-bond donors (Lipinski definition) is 2. The molecule has 1 aliphatic heterocycles. The number of halogens is 2. The highest BCUT2D eigenvalue weighted by atomic mass is 127. The molecule has 7 heteroatoms. The molecule has 1 aromatic carbocycles. The molecule has 3 atom stereocenters. The zero-order chi connectivity index (χ0) is 20.2. The molecule has 3 aliphatic rings. The predicted octanol–water partition coefficient (Wildman–Crippen LogP) is 4.04. The van der Waals surface area contributed by atoms with Gasteiger partial charge in [0.15, 0.2) is 5.96 Å². The highest BCUT2D eigenvalue weighted by molar-refractivity contribution is 14.0. The van der Waals surface area contributed by atoms with E-state index in [9.17, 15) is 9.18 Å². The highest BCUT2D eigenvalue weighted by Gasteiger charge is 2.41. The van der Waals surface area contributed by atoms with Gasteiger partial charge in [0.25, 0.3) is 0 Å². The summed E-state index contributed by atoms with van der Waals surface area (Å²) in [5.41, 5.74) is 0.783. The van der Waals surface area contributed by atoms with Gasteiger partial charge in [0, 0.05) is 43.6 Å². The molecule has 1 aromatic rings. The maximum Gasteiger partial charge on any atom is 0.225 e. The fourth-order valence-corrected chi connectivity index (χ4v) is 4.82. The lowest BCUT2D eigenvalue weighted by Gasteiger charge is -2.26. The van der Waals surface area contributed by atoms with E-state index in [1.165, 1.54) is 25.3 Å². The van der Waals surface area contributed by atoms with Gasteiger partial charge in [-0.2, -0.15) is 0 Å². The molecule has 2 N–H and O–H groups in total. The van der Waals surface area contributed by atoms with Crippen LogP contribution in [0.1, 0.15) is 63.4 Å². The number of carbonyl (C=O) groups is 1. The fourth-order valence-electron chi connectivity index (χ4n) is 4.82. The lowest BCUT2D eigenvalue weighted by atomic mass is 9.88. The maximum atomic E-state index is 14.0. The van der Waals surface area contributed by atoms with Gasteiger partial charge >= 0.3 is 0 Å². The average Bonchev–Trinajstić information content (AvgIpc) is 3.33. The first-order valence-corrected chi connectivity index (χ1v) is 11.3. The third-order valence-corrected chi connectivity index (χ3v) is 6.53. The van der Waals surface area contributed by atoms with E-state index in [1.54, 1.807) is 6.07 Å². The van der Waals surface area contributed by atoms with Gasteiger partial charge in [0.1, 0.15) is 5.82 Å². The van der Waals surface area contributed by atoms with Crippen molar-refractivity contribution >= 4 is 35.8 Å². The first-order valence-electron chi connectivity index (χ1n) is 11.3. The summed E-state index contributed by atoms with van der Waals surface area (Å²) < 4.78 is 14.0. The molecule has 4 rings (SSSR count). The Morgan fingerprint density at radius 1 is 1.17 bits per heavy atom. The molecular weight excluding hydrogens is 494 g/mol. The Labute approximate surface area is 196 Å². The van der Waals surface area contributed by atoms with Crippen molar-refractivity contribution in [2.75, 3.05) is 19.6 Å². The number of amides is 1. The van der Waals surface area contributed by atoms with Crippen molar-refractivity contribution in [1.82, 2.24) is 15.5 Å². The monoisotopic (exact) mass is 528 g/mol. The molecule has 0 radical (unpaired) electrons. The van der Waals surface area contributed by atoms with Crippen LogP contribution in [-0.4, -0.2) is 48.5 Å². The van der Waals surface area contributed by atoms with Gasteiger partial charge in [-0.15, -0.1) is 24.0 Å². The Hall–Kier alpha value is -1.38. The molecule has 3 unspecified atom stereocenters. The van der Waals surface area contributed by atoms with E-state index in [4.69, 9.17) is 0 Å². The third kappa shape index (κ3) is 5.65. The minimum atomic E-state index is -0.128. The molecular formula is C23H34FIN4O. The normalized spacial score (nSPS) is 26.8. The molecule has 5 nitrogen and oxygen atoms in total. The quantitative estimate of drug-likeness (QED) is 0.345. The number of hydrogen-bond acceptors (Lipinski definition) is 2. The van der Waals surface area contributed by atoms with Gasteiger partial charge in [-0.1, -0.05) is 37.5 Å². The van der Waals surface area contributed by atoms with E-state index in [0.717, 1.165) is 50.3 Å². The summed E-state index contributed by atoms with van der Waals surface area (Å²) in [5, 5.41) is 6.98. The van der Waals surface area contributed by atoms with Crippen LogP contribution in [0, 0.1) is 11.7 Å². The first-order chi connectivity index (χ1) is 14.2. The van der Waals surface area contributed by atoms with Gasteiger partial charge in [0.05, 0.1) is 0 Å². The van der Waals surface area contributed by atoms with E-state index >= 15 is 0 Å². The van der Waals surface area contributed by atoms with Crippen molar-refractivity contribution in [3.8, 4) is 0 Å². The molecule has 2 saturated carbocycles. The van der Waals surface area contributed by atoms with E-state index in [-0.39, 0.29) is 53.7 Å². The summed E-state index contributed by atoms with van der Waals surface area (Å²) in [7, 11) is 0.